The number of carbonyl (C=O) groups excluding carboxylic acids is 6. The average molecular weight is 737 g/mol. The Balaban J connectivity index is 1.76. The first-order valence-electron chi connectivity index (χ1n) is 18.5. The van der Waals surface area contributed by atoms with Gasteiger partial charge in [-0.3, -0.25) is 28.8 Å². The minimum Gasteiger partial charge on any atom is -0.507 e. The van der Waals surface area contributed by atoms with Crippen LogP contribution < -0.4 is 10.6 Å². The van der Waals surface area contributed by atoms with Crippen LogP contribution in [0.25, 0.3) is 11.1 Å². The van der Waals surface area contributed by atoms with Gasteiger partial charge in [-0.25, -0.2) is 0 Å². The molecule has 2 aromatic rings. The van der Waals surface area contributed by atoms with E-state index in [-0.39, 0.29) is 60.6 Å². The Morgan fingerprint density at radius 1 is 0.868 bits per heavy atom. The van der Waals surface area contributed by atoms with Gasteiger partial charge in [0.2, 0.25) is 23.6 Å². The normalized spacial score (nSPS) is 18.6. The van der Waals surface area contributed by atoms with E-state index in [9.17, 15) is 44.1 Å². The monoisotopic (exact) mass is 736 g/mol. The Morgan fingerprint density at radius 3 is 2.17 bits per heavy atom. The zero-order valence-electron chi connectivity index (χ0n) is 31.8. The summed E-state index contributed by atoms with van der Waals surface area (Å²) in [5.41, 5.74) is 1.70. The number of phenols is 2. The van der Waals surface area contributed by atoms with Crippen LogP contribution in [-0.2, 0) is 35.2 Å². The molecule has 0 aromatic heterocycles. The Hall–Kier alpha value is -4.78. The molecular formula is C40H56N4O9. The first-order valence-corrected chi connectivity index (χ1v) is 18.5. The number of likely N-dealkylation sites (N-methyl/N-ethyl adjacent to an activating group) is 2. The second kappa shape index (κ2) is 19.9. The number of aliphatic hydroxyl groups excluding tert-OH is 1. The molecule has 53 heavy (non-hydrogen) atoms. The van der Waals surface area contributed by atoms with Crippen molar-refractivity contribution in [3.8, 4) is 22.6 Å². The summed E-state index contributed by atoms with van der Waals surface area (Å²) in [7, 11) is 2.86. The summed E-state index contributed by atoms with van der Waals surface area (Å²) < 4.78 is 0. The summed E-state index contributed by atoms with van der Waals surface area (Å²) in [6.07, 6.45) is 4.64. The van der Waals surface area contributed by atoms with E-state index in [0.717, 1.165) is 31.2 Å². The third-order valence-corrected chi connectivity index (χ3v) is 9.92. The van der Waals surface area contributed by atoms with Crippen LogP contribution in [-0.4, -0.2) is 99.1 Å². The molecular weight excluding hydrogens is 680 g/mol. The number of nitrogens with one attached hydrogen (secondary N) is 2. The molecule has 0 fully saturated rings. The molecule has 4 bridgehead atoms. The molecule has 0 aliphatic carbocycles. The number of amides is 4. The summed E-state index contributed by atoms with van der Waals surface area (Å²) >= 11 is 0. The topological polar surface area (TPSA) is 194 Å². The number of ketones is 2. The van der Waals surface area contributed by atoms with Gasteiger partial charge >= 0.3 is 0 Å². The highest BCUT2D eigenvalue weighted by atomic mass is 16.3. The third-order valence-electron chi connectivity index (χ3n) is 9.92. The molecule has 290 valence electrons. The molecule has 1 aliphatic rings. The van der Waals surface area contributed by atoms with Crippen LogP contribution in [0.15, 0.2) is 36.4 Å². The van der Waals surface area contributed by atoms with E-state index in [0.29, 0.717) is 24.0 Å². The number of phenolic OH excluding ortho intramolecular Hbond substituents is 2. The predicted octanol–water partition coefficient (Wildman–Crippen LogP) is 3.95. The van der Waals surface area contributed by atoms with Crippen LogP contribution in [0.3, 0.4) is 0 Å². The van der Waals surface area contributed by atoms with E-state index in [4.69, 9.17) is 0 Å². The fourth-order valence-electron chi connectivity index (χ4n) is 6.55. The molecule has 0 saturated heterocycles. The van der Waals surface area contributed by atoms with Crippen molar-refractivity contribution in [2.45, 2.75) is 116 Å². The standard InChI is InChI=1S/C40H56N4O9/c1-7-8-9-10-11-12-36(50)43(5)31(23-45)40(53)42-26(4)32(46)17-18-37(51)44(6)38-28-14-16-34(48)30(22-28)29-21-27(13-15-33(29)47)20-25(3)41-39(52)24(2)19-35(38)49/h13-16,21-22,24-26,31,38,45,47-48H,7-12,17-20,23H2,1-6H3,(H,41,52)(H,42,53)/t24-,25-,26-,31-,38+/m1/s1. The Labute approximate surface area is 312 Å². The molecule has 1 heterocycles. The van der Waals surface area contributed by atoms with Crippen molar-refractivity contribution in [3.05, 3.63) is 47.5 Å². The summed E-state index contributed by atoms with van der Waals surface area (Å²) in [5, 5.41) is 37.0. The van der Waals surface area contributed by atoms with Gasteiger partial charge < -0.3 is 35.8 Å². The van der Waals surface area contributed by atoms with Crippen LogP contribution in [0, 0.1) is 5.92 Å². The van der Waals surface area contributed by atoms with Crippen molar-refractivity contribution in [1.82, 2.24) is 20.4 Å². The second-order valence-electron chi connectivity index (χ2n) is 14.3. The summed E-state index contributed by atoms with van der Waals surface area (Å²) in [6.45, 7) is 6.37. The number of aromatic hydroxyl groups is 2. The van der Waals surface area contributed by atoms with Crippen LogP contribution in [0.2, 0.25) is 0 Å². The minimum absolute atomic E-state index is 0.105. The maximum atomic E-state index is 13.9. The van der Waals surface area contributed by atoms with Gasteiger partial charge in [0, 0.05) is 62.9 Å². The number of Topliss-reactive ketones (excluding diaryl/α,β-unsaturated/α-hetero) is 2. The number of hydrogen-bond donors (Lipinski definition) is 5. The number of benzene rings is 2. The number of nitrogens with zero attached hydrogens (tertiary/aromatic N) is 2. The van der Waals surface area contributed by atoms with E-state index in [2.05, 4.69) is 17.6 Å². The molecule has 0 spiro atoms. The molecule has 2 aromatic carbocycles. The highest BCUT2D eigenvalue weighted by Gasteiger charge is 2.33. The molecule has 0 radical (unpaired) electrons. The lowest BCUT2D eigenvalue weighted by atomic mass is 9.90. The highest BCUT2D eigenvalue weighted by molar-refractivity contribution is 5.96. The van der Waals surface area contributed by atoms with E-state index >= 15 is 0 Å². The Bertz CT molecular complexity index is 1640. The molecule has 13 heteroatoms. The van der Waals surface area contributed by atoms with Gasteiger partial charge in [-0.1, -0.05) is 51.7 Å². The van der Waals surface area contributed by atoms with Gasteiger partial charge in [-0.05, 0) is 62.1 Å². The van der Waals surface area contributed by atoms with Gasteiger partial charge in [-0.15, -0.1) is 0 Å². The lowest BCUT2D eigenvalue weighted by molar-refractivity contribution is -0.141. The van der Waals surface area contributed by atoms with Crippen LogP contribution >= 0.6 is 0 Å². The van der Waals surface area contributed by atoms with Crippen molar-refractivity contribution in [1.29, 1.82) is 0 Å². The largest absolute Gasteiger partial charge is 0.507 e. The van der Waals surface area contributed by atoms with Crippen LogP contribution in [0.4, 0.5) is 0 Å². The van der Waals surface area contributed by atoms with Crippen LogP contribution in [0.1, 0.15) is 103 Å². The minimum atomic E-state index is -1.19. The number of unbranched alkanes of at least 4 members (excludes halogenated alkanes) is 4. The maximum Gasteiger partial charge on any atom is 0.245 e. The Morgan fingerprint density at radius 2 is 1.51 bits per heavy atom. The predicted molar refractivity (Wildman–Crippen MR) is 200 cm³/mol. The first-order chi connectivity index (χ1) is 25.1. The molecule has 0 unspecified atom stereocenters. The lowest BCUT2D eigenvalue weighted by Crippen LogP contribution is -2.53. The maximum absolute atomic E-state index is 13.9. The van der Waals surface area contributed by atoms with Gasteiger partial charge in [0.1, 0.15) is 23.6 Å². The number of hydrogen-bond acceptors (Lipinski definition) is 9. The summed E-state index contributed by atoms with van der Waals surface area (Å²) in [6, 6.07) is 5.64. The molecule has 13 nitrogen and oxygen atoms in total. The fraction of sp³-hybridized carbons (Fsp3) is 0.550. The van der Waals surface area contributed by atoms with Crippen molar-refractivity contribution in [3.63, 3.8) is 0 Å². The smallest absolute Gasteiger partial charge is 0.245 e. The third kappa shape index (κ3) is 11.6. The van der Waals surface area contributed by atoms with Gasteiger partial charge in [0.05, 0.1) is 12.6 Å². The average Bonchev–Trinajstić information content (AvgIpc) is 3.11. The van der Waals surface area contributed by atoms with Gasteiger partial charge in [-0.2, -0.15) is 0 Å². The van der Waals surface area contributed by atoms with Gasteiger partial charge in [0.25, 0.3) is 0 Å². The summed E-state index contributed by atoms with van der Waals surface area (Å²) in [4.78, 5) is 81.8. The van der Waals surface area contributed by atoms with Crippen molar-refractivity contribution < 1.29 is 44.1 Å². The van der Waals surface area contributed by atoms with E-state index in [1.54, 1.807) is 19.1 Å². The molecule has 5 N–H and O–H groups in total. The first kappa shape index (κ1) is 42.6. The van der Waals surface area contributed by atoms with E-state index in [1.165, 1.54) is 55.1 Å². The summed E-state index contributed by atoms with van der Waals surface area (Å²) in [5.74, 6) is -3.76. The SMILES string of the molecule is CCCCCCCC(=O)N(C)[C@H](CO)C(=O)N[C@H](C)C(=O)CCC(=O)N(C)[C@@H]1C(=O)C[C@@H](C)C(=O)N[C@H](C)Cc2ccc(O)c(c2)-c2cc1ccc2O. The van der Waals surface area contributed by atoms with Crippen molar-refractivity contribution in [2.24, 2.45) is 5.92 Å². The number of aliphatic hydroxyl groups is 1. The number of fused-ring (bicyclic) bond motifs is 5. The van der Waals surface area contributed by atoms with Gasteiger partial charge in [0.15, 0.2) is 11.6 Å². The van der Waals surface area contributed by atoms with E-state index in [1.807, 2.05) is 6.92 Å². The number of rotatable bonds is 15. The molecule has 5 atom stereocenters. The fourth-order valence-corrected chi connectivity index (χ4v) is 6.55. The van der Waals surface area contributed by atoms with E-state index < -0.39 is 54.0 Å². The molecule has 3 rings (SSSR count). The zero-order valence-corrected chi connectivity index (χ0v) is 31.8. The second-order valence-corrected chi connectivity index (χ2v) is 14.3. The molecule has 4 amide bonds. The zero-order chi connectivity index (χ0) is 39.4. The number of carbonyl (C=O) groups is 6. The highest BCUT2D eigenvalue weighted by Crippen LogP contribution is 2.39. The lowest BCUT2D eigenvalue weighted by Gasteiger charge is -2.30. The Kier molecular flexibility index (Phi) is 16.0. The molecule has 0 saturated carbocycles. The van der Waals surface area contributed by atoms with Crippen LogP contribution in [0.5, 0.6) is 11.5 Å². The van der Waals surface area contributed by atoms with Crippen molar-refractivity contribution in [2.75, 3.05) is 20.7 Å². The van der Waals surface area contributed by atoms with Crippen molar-refractivity contribution >= 4 is 35.2 Å². The molecule has 1 aliphatic heterocycles. The quantitative estimate of drug-likeness (QED) is 0.168.